The van der Waals surface area contributed by atoms with Crippen molar-refractivity contribution < 1.29 is 9.90 Å². The van der Waals surface area contributed by atoms with E-state index in [0.29, 0.717) is 0 Å². The third-order valence-electron chi connectivity index (χ3n) is 1.77. The number of nitrogens with one attached hydrogen (secondary N) is 1. The van der Waals surface area contributed by atoms with Crippen molar-refractivity contribution in [1.29, 1.82) is 5.26 Å². The summed E-state index contributed by atoms with van der Waals surface area (Å²) >= 11 is 0. The Hall–Kier alpha value is -1.12. The molecule has 74 valence electrons. The molecule has 0 heterocycles. The molecule has 0 aliphatic carbocycles. The lowest BCUT2D eigenvalue weighted by Crippen LogP contribution is -2.40. The molecule has 1 amide bonds. The predicted molar refractivity (Wildman–Crippen MR) is 47.8 cm³/mol. The smallest absolute Gasteiger partial charge is 0.235 e. The molecule has 1 atom stereocenters. The largest absolute Gasteiger partial charge is 0.395 e. The van der Waals surface area contributed by atoms with Crippen LogP contribution in [0, 0.1) is 11.3 Å². The molecule has 0 aromatic heterocycles. The van der Waals surface area contributed by atoms with Crippen molar-refractivity contribution in [3.05, 3.63) is 0 Å². The predicted octanol–water partition coefficient (Wildman–Crippen LogP) is -1.06. The van der Waals surface area contributed by atoms with Crippen LogP contribution in [0.1, 0.15) is 6.92 Å². The lowest BCUT2D eigenvalue weighted by molar-refractivity contribution is -0.122. The summed E-state index contributed by atoms with van der Waals surface area (Å²) in [6.07, 6.45) is 0. The number of hydrogen-bond donors (Lipinski definition) is 2. The average molecular weight is 185 g/mol. The van der Waals surface area contributed by atoms with Crippen molar-refractivity contribution in [3.63, 3.8) is 0 Å². The highest BCUT2D eigenvalue weighted by Gasteiger charge is 2.11. The standard InChI is InChI=1S/C8H15N3O2/c1-7(6-12)11(2)5-8(13)10-4-3-9/h7,12H,4-6H2,1-2H3,(H,10,13). The molecule has 1 unspecified atom stereocenters. The van der Waals surface area contributed by atoms with Gasteiger partial charge in [-0.25, -0.2) is 0 Å². The maximum Gasteiger partial charge on any atom is 0.235 e. The summed E-state index contributed by atoms with van der Waals surface area (Å²) < 4.78 is 0. The first-order valence-corrected chi connectivity index (χ1v) is 4.06. The first-order chi connectivity index (χ1) is 6.11. The van der Waals surface area contributed by atoms with E-state index >= 15 is 0 Å². The van der Waals surface area contributed by atoms with Crippen LogP contribution in [0.25, 0.3) is 0 Å². The van der Waals surface area contributed by atoms with Gasteiger partial charge in [-0.1, -0.05) is 0 Å². The number of likely N-dealkylation sites (N-methyl/N-ethyl adjacent to an activating group) is 1. The highest BCUT2D eigenvalue weighted by molar-refractivity contribution is 5.78. The Bertz CT molecular complexity index is 200. The van der Waals surface area contributed by atoms with Gasteiger partial charge >= 0.3 is 0 Å². The number of rotatable bonds is 5. The molecule has 2 N–H and O–H groups in total. The van der Waals surface area contributed by atoms with Crippen LogP contribution in [0.15, 0.2) is 0 Å². The molecule has 0 saturated carbocycles. The van der Waals surface area contributed by atoms with Crippen LogP contribution in [-0.4, -0.2) is 48.7 Å². The van der Waals surface area contributed by atoms with E-state index in [0.717, 1.165) is 0 Å². The normalized spacial score (nSPS) is 12.2. The van der Waals surface area contributed by atoms with E-state index in [-0.39, 0.29) is 31.6 Å². The Balaban J connectivity index is 3.72. The fourth-order valence-corrected chi connectivity index (χ4v) is 0.716. The van der Waals surface area contributed by atoms with Gasteiger partial charge in [-0.15, -0.1) is 0 Å². The second kappa shape index (κ2) is 6.40. The number of hydrogen-bond acceptors (Lipinski definition) is 4. The zero-order valence-corrected chi connectivity index (χ0v) is 7.95. The van der Waals surface area contributed by atoms with E-state index in [1.165, 1.54) is 0 Å². The molecule has 5 nitrogen and oxygen atoms in total. The number of nitriles is 1. The van der Waals surface area contributed by atoms with Crippen LogP contribution >= 0.6 is 0 Å². The van der Waals surface area contributed by atoms with Gasteiger partial charge in [-0.3, -0.25) is 9.69 Å². The molecule has 0 fully saturated rings. The van der Waals surface area contributed by atoms with Crippen molar-refractivity contribution >= 4 is 5.91 Å². The molecule has 0 radical (unpaired) electrons. The highest BCUT2D eigenvalue weighted by atomic mass is 16.3. The van der Waals surface area contributed by atoms with Crippen LogP contribution in [0.4, 0.5) is 0 Å². The van der Waals surface area contributed by atoms with E-state index in [4.69, 9.17) is 10.4 Å². The van der Waals surface area contributed by atoms with Crippen LogP contribution in [0.3, 0.4) is 0 Å². The van der Waals surface area contributed by atoms with Crippen molar-refractivity contribution in [1.82, 2.24) is 10.2 Å². The van der Waals surface area contributed by atoms with Gasteiger partial charge in [-0.05, 0) is 14.0 Å². The summed E-state index contributed by atoms with van der Waals surface area (Å²) in [7, 11) is 1.74. The van der Waals surface area contributed by atoms with E-state index < -0.39 is 0 Å². The fourth-order valence-electron chi connectivity index (χ4n) is 0.716. The molecule has 0 aromatic rings. The van der Waals surface area contributed by atoms with Gasteiger partial charge in [0.15, 0.2) is 0 Å². The number of aliphatic hydroxyl groups excluding tert-OH is 1. The van der Waals surface area contributed by atoms with Crippen LogP contribution < -0.4 is 5.32 Å². The molecule has 5 heteroatoms. The third-order valence-corrected chi connectivity index (χ3v) is 1.77. The SMILES string of the molecule is CC(CO)N(C)CC(=O)NCC#N. The average Bonchev–Trinajstić information content (AvgIpc) is 2.13. The van der Waals surface area contributed by atoms with Crippen molar-refractivity contribution in [2.45, 2.75) is 13.0 Å². The maximum absolute atomic E-state index is 11.0. The molecule has 0 spiro atoms. The van der Waals surface area contributed by atoms with Gasteiger partial charge in [0.1, 0.15) is 6.54 Å². The summed E-state index contributed by atoms with van der Waals surface area (Å²) in [4.78, 5) is 12.8. The topological polar surface area (TPSA) is 76.4 Å². The van der Waals surface area contributed by atoms with E-state index in [1.54, 1.807) is 11.9 Å². The first kappa shape index (κ1) is 11.9. The minimum absolute atomic E-state index is 0.0159. The summed E-state index contributed by atoms with van der Waals surface area (Å²) in [5, 5.41) is 19.4. The molecule has 13 heavy (non-hydrogen) atoms. The zero-order valence-electron chi connectivity index (χ0n) is 7.95. The van der Waals surface area contributed by atoms with Gasteiger partial charge in [0.05, 0.1) is 19.2 Å². The molecular weight excluding hydrogens is 170 g/mol. The Morgan fingerprint density at radius 3 is 2.85 bits per heavy atom. The van der Waals surface area contributed by atoms with E-state index in [2.05, 4.69) is 5.32 Å². The van der Waals surface area contributed by atoms with Crippen LogP contribution in [0.2, 0.25) is 0 Å². The highest BCUT2D eigenvalue weighted by Crippen LogP contribution is 1.92. The van der Waals surface area contributed by atoms with Crippen molar-refractivity contribution in [3.8, 4) is 6.07 Å². The molecule has 0 rings (SSSR count). The van der Waals surface area contributed by atoms with Gasteiger partial charge in [0, 0.05) is 6.04 Å². The van der Waals surface area contributed by atoms with Crippen LogP contribution in [0.5, 0.6) is 0 Å². The second-order valence-corrected chi connectivity index (χ2v) is 2.88. The summed E-state index contributed by atoms with van der Waals surface area (Å²) in [6.45, 7) is 2.06. The molecule has 0 saturated heterocycles. The van der Waals surface area contributed by atoms with Crippen molar-refractivity contribution in [2.75, 3.05) is 26.7 Å². The quantitative estimate of drug-likeness (QED) is 0.535. The minimum atomic E-state index is -0.204. The van der Waals surface area contributed by atoms with Gasteiger partial charge < -0.3 is 10.4 Å². The minimum Gasteiger partial charge on any atom is -0.395 e. The Kier molecular flexibility index (Phi) is 5.85. The lowest BCUT2D eigenvalue weighted by Gasteiger charge is -2.21. The Morgan fingerprint density at radius 2 is 2.38 bits per heavy atom. The third kappa shape index (κ3) is 5.17. The van der Waals surface area contributed by atoms with Crippen molar-refractivity contribution in [2.24, 2.45) is 0 Å². The lowest BCUT2D eigenvalue weighted by atomic mass is 10.3. The van der Waals surface area contributed by atoms with Gasteiger partial charge in [0.2, 0.25) is 5.91 Å². The summed E-state index contributed by atoms with van der Waals surface area (Å²) in [5.74, 6) is -0.204. The fraction of sp³-hybridized carbons (Fsp3) is 0.750. The molecule has 0 aliphatic heterocycles. The molecule has 0 aromatic carbocycles. The summed E-state index contributed by atoms with van der Waals surface area (Å²) in [6, 6.07) is 1.77. The summed E-state index contributed by atoms with van der Waals surface area (Å²) in [5.41, 5.74) is 0. The first-order valence-electron chi connectivity index (χ1n) is 4.06. The van der Waals surface area contributed by atoms with E-state index in [9.17, 15) is 4.79 Å². The Labute approximate surface area is 78.0 Å². The molecular formula is C8H15N3O2. The monoisotopic (exact) mass is 185 g/mol. The van der Waals surface area contributed by atoms with Crippen LogP contribution in [-0.2, 0) is 4.79 Å². The number of aliphatic hydroxyl groups is 1. The number of nitrogens with zero attached hydrogens (tertiary/aromatic N) is 2. The maximum atomic E-state index is 11.0. The molecule has 0 aliphatic rings. The Morgan fingerprint density at radius 1 is 1.77 bits per heavy atom. The zero-order chi connectivity index (χ0) is 10.3. The van der Waals surface area contributed by atoms with E-state index in [1.807, 2.05) is 13.0 Å². The second-order valence-electron chi connectivity index (χ2n) is 2.88. The number of carbonyl (C=O) groups is 1. The number of amides is 1. The molecule has 0 bridgehead atoms. The van der Waals surface area contributed by atoms with Gasteiger partial charge in [-0.2, -0.15) is 5.26 Å². The van der Waals surface area contributed by atoms with Gasteiger partial charge in [0.25, 0.3) is 0 Å². The number of carbonyl (C=O) groups excluding carboxylic acids is 1.